The quantitative estimate of drug-likeness (QED) is 0.891. The zero-order chi connectivity index (χ0) is 14.7. The van der Waals surface area contributed by atoms with Crippen LogP contribution in [0.5, 0.6) is 0 Å². The van der Waals surface area contributed by atoms with Gasteiger partial charge >= 0.3 is 5.97 Å². The Balaban J connectivity index is 2.31. The van der Waals surface area contributed by atoms with E-state index in [0.717, 1.165) is 11.4 Å². The summed E-state index contributed by atoms with van der Waals surface area (Å²) in [5, 5.41) is 11.6. The van der Waals surface area contributed by atoms with Crippen LogP contribution in [0.15, 0.2) is 30.3 Å². The number of aromatic carboxylic acids is 1. The summed E-state index contributed by atoms with van der Waals surface area (Å²) in [6.45, 7) is 3.57. The highest BCUT2D eigenvalue weighted by Gasteiger charge is 2.16. The number of nitrogens with zero attached hydrogens (tertiary/aromatic N) is 2. The molecule has 2 N–H and O–H groups in total. The molecule has 0 aliphatic heterocycles. The van der Waals surface area contributed by atoms with Crippen LogP contribution in [0, 0.1) is 13.8 Å². The van der Waals surface area contributed by atoms with Gasteiger partial charge in [0.1, 0.15) is 0 Å². The van der Waals surface area contributed by atoms with E-state index in [1.807, 2.05) is 0 Å². The first-order valence-corrected chi connectivity index (χ1v) is 5.93. The minimum Gasteiger partial charge on any atom is -0.478 e. The zero-order valence-electron chi connectivity index (χ0n) is 11.0. The molecule has 0 saturated carbocycles. The molecule has 102 valence electrons. The topological polar surface area (TPSA) is 92.2 Å². The Hall–Kier alpha value is -2.76. The molecule has 1 aromatic heterocycles. The lowest BCUT2D eigenvalue weighted by atomic mass is 10.1. The number of amides is 1. The van der Waals surface area contributed by atoms with E-state index in [0.29, 0.717) is 0 Å². The summed E-state index contributed by atoms with van der Waals surface area (Å²) in [6.07, 6.45) is 0. The molecule has 0 spiro atoms. The van der Waals surface area contributed by atoms with Gasteiger partial charge in [0.25, 0.3) is 5.91 Å². The predicted molar refractivity (Wildman–Crippen MR) is 72.9 cm³/mol. The molecule has 2 aromatic rings. The molecule has 0 unspecified atom stereocenters. The van der Waals surface area contributed by atoms with Crippen molar-refractivity contribution in [2.45, 2.75) is 13.8 Å². The van der Waals surface area contributed by atoms with Crippen LogP contribution < -0.4 is 5.32 Å². The Morgan fingerprint density at radius 1 is 1.05 bits per heavy atom. The van der Waals surface area contributed by atoms with Gasteiger partial charge in [-0.1, -0.05) is 12.1 Å². The number of benzene rings is 1. The number of aryl methyl sites for hydroxylation is 2. The van der Waals surface area contributed by atoms with Crippen LogP contribution >= 0.6 is 0 Å². The maximum absolute atomic E-state index is 12.1. The van der Waals surface area contributed by atoms with Crippen LogP contribution in [0.25, 0.3) is 0 Å². The first-order chi connectivity index (χ1) is 9.47. The molecular weight excluding hydrogens is 258 g/mol. The molecule has 1 amide bonds. The predicted octanol–water partition coefficient (Wildman–Crippen LogP) is 2.04. The molecule has 0 bridgehead atoms. The number of hydrogen-bond acceptors (Lipinski definition) is 4. The van der Waals surface area contributed by atoms with Crippen molar-refractivity contribution in [1.29, 1.82) is 0 Å². The molecular formula is C14H13N3O3. The maximum Gasteiger partial charge on any atom is 0.336 e. The highest BCUT2D eigenvalue weighted by molar-refractivity contribution is 6.10. The van der Waals surface area contributed by atoms with Crippen molar-refractivity contribution in [2.24, 2.45) is 0 Å². The van der Waals surface area contributed by atoms with Gasteiger partial charge in [-0.15, -0.1) is 0 Å². The number of carbonyl (C=O) groups is 2. The molecule has 0 radical (unpaired) electrons. The first-order valence-electron chi connectivity index (χ1n) is 5.93. The van der Waals surface area contributed by atoms with Crippen molar-refractivity contribution in [2.75, 3.05) is 5.32 Å². The van der Waals surface area contributed by atoms with Gasteiger partial charge in [-0.25, -0.2) is 14.8 Å². The van der Waals surface area contributed by atoms with Crippen molar-refractivity contribution in [1.82, 2.24) is 9.97 Å². The van der Waals surface area contributed by atoms with Gasteiger partial charge in [0.15, 0.2) is 0 Å². The average molecular weight is 271 g/mol. The summed E-state index contributed by atoms with van der Waals surface area (Å²) in [5.74, 6) is -1.54. The third kappa shape index (κ3) is 2.97. The number of anilines is 1. The standard InChI is InChI=1S/C14H13N3O3/c1-8-7-9(2)16-14(15-8)17-12(18)10-5-3-4-6-11(10)13(19)20/h3-7H,1-2H3,(H,19,20)(H,15,16,17,18). The van der Waals surface area contributed by atoms with Crippen LogP contribution in [-0.2, 0) is 0 Å². The number of nitrogens with one attached hydrogen (secondary N) is 1. The fourth-order valence-corrected chi connectivity index (χ4v) is 1.82. The smallest absolute Gasteiger partial charge is 0.336 e. The molecule has 6 heteroatoms. The van der Waals surface area contributed by atoms with Gasteiger partial charge in [0.05, 0.1) is 11.1 Å². The first kappa shape index (κ1) is 13.7. The van der Waals surface area contributed by atoms with E-state index < -0.39 is 11.9 Å². The minimum absolute atomic E-state index is 0.0608. The summed E-state index contributed by atoms with van der Waals surface area (Å²) in [4.78, 5) is 31.4. The Kier molecular flexibility index (Phi) is 3.74. The maximum atomic E-state index is 12.1. The second-order valence-corrected chi connectivity index (χ2v) is 4.28. The monoisotopic (exact) mass is 271 g/mol. The molecule has 1 heterocycles. The number of aromatic nitrogens is 2. The van der Waals surface area contributed by atoms with Crippen molar-refractivity contribution >= 4 is 17.8 Å². The van der Waals surface area contributed by atoms with Crippen molar-refractivity contribution < 1.29 is 14.7 Å². The molecule has 1 aromatic carbocycles. The Morgan fingerprint density at radius 3 is 2.15 bits per heavy atom. The number of hydrogen-bond donors (Lipinski definition) is 2. The lowest BCUT2D eigenvalue weighted by molar-refractivity contribution is 0.0692. The van der Waals surface area contributed by atoms with Gasteiger partial charge in [0, 0.05) is 11.4 Å². The largest absolute Gasteiger partial charge is 0.478 e. The van der Waals surface area contributed by atoms with E-state index in [-0.39, 0.29) is 17.1 Å². The SMILES string of the molecule is Cc1cc(C)nc(NC(=O)c2ccccc2C(=O)O)n1. The van der Waals surface area contributed by atoms with E-state index in [2.05, 4.69) is 15.3 Å². The molecule has 0 saturated heterocycles. The Labute approximate surface area is 115 Å². The van der Waals surface area contributed by atoms with Crippen LogP contribution in [-0.4, -0.2) is 27.0 Å². The number of carboxylic acids is 1. The van der Waals surface area contributed by atoms with Gasteiger partial charge < -0.3 is 5.11 Å². The zero-order valence-corrected chi connectivity index (χ0v) is 11.0. The molecule has 0 aliphatic rings. The number of rotatable bonds is 3. The normalized spacial score (nSPS) is 10.1. The van der Waals surface area contributed by atoms with E-state index in [1.165, 1.54) is 12.1 Å². The lowest BCUT2D eigenvalue weighted by Crippen LogP contribution is -2.18. The van der Waals surface area contributed by atoms with Crippen LogP contribution in [0.3, 0.4) is 0 Å². The summed E-state index contributed by atoms with van der Waals surface area (Å²) in [6, 6.07) is 7.76. The van der Waals surface area contributed by atoms with Crippen molar-refractivity contribution in [3.63, 3.8) is 0 Å². The fraction of sp³-hybridized carbons (Fsp3) is 0.143. The summed E-state index contributed by atoms with van der Waals surface area (Å²) >= 11 is 0. The highest BCUT2D eigenvalue weighted by atomic mass is 16.4. The van der Waals surface area contributed by atoms with Gasteiger partial charge in [0.2, 0.25) is 5.95 Å². The van der Waals surface area contributed by atoms with Crippen LogP contribution in [0.4, 0.5) is 5.95 Å². The number of carbonyl (C=O) groups excluding carboxylic acids is 1. The van der Waals surface area contributed by atoms with Crippen molar-refractivity contribution in [3.05, 3.63) is 52.8 Å². The van der Waals surface area contributed by atoms with Gasteiger partial charge in [-0.05, 0) is 32.0 Å². The average Bonchev–Trinajstić information content (AvgIpc) is 2.37. The molecule has 0 aliphatic carbocycles. The van der Waals surface area contributed by atoms with E-state index in [4.69, 9.17) is 5.11 Å². The van der Waals surface area contributed by atoms with E-state index >= 15 is 0 Å². The number of carboxylic acid groups (broad SMARTS) is 1. The Morgan fingerprint density at radius 2 is 1.60 bits per heavy atom. The summed E-state index contributed by atoms with van der Waals surface area (Å²) in [7, 11) is 0. The fourth-order valence-electron chi connectivity index (χ4n) is 1.82. The molecule has 0 atom stereocenters. The second-order valence-electron chi connectivity index (χ2n) is 4.28. The minimum atomic E-state index is -1.16. The van der Waals surface area contributed by atoms with Crippen LogP contribution in [0.1, 0.15) is 32.1 Å². The molecule has 6 nitrogen and oxygen atoms in total. The van der Waals surface area contributed by atoms with Crippen molar-refractivity contribution in [3.8, 4) is 0 Å². The third-order valence-electron chi connectivity index (χ3n) is 2.61. The van der Waals surface area contributed by atoms with E-state index in [1.54, 1.807) is 32.0 Å². The summed E-state index contributed by atoms with van der Waals surface area (Å²) in [5.41, 5.74) is 1.45. The van der Waals surface area contributed by atoms with E-state index in [9.17, 15) is 9.59 Å². The molecule has 20 heavy (non-hydrogen) atoms. The lowest BCUT2D eigenvalue weighted by Gasteiger charge is -2.07. The second kappa shape index (κ2) is 5.48. The highest BCUT2D eigenvalue weighted by Crippen LogP contribution is 2.11. The third-order valence-corrected chi connectivity index (χ3v) is 2.61. The molecule has 0 fully saturated rings. The van der Waals surface area contributed by atoms with Gasteiger partial charge in [-0.2, -0.15) is 0 Å². The Bertz CT molecular complexity index is 663. The summed E-state index contributed by atoms with van der Waals surface area (Å²) < 4.78 is 0. The van der Waals surface area contributed by atoms with Crippen LogP contribution in [0.2, 0.25) is 0 Å². The molecule has 2 rings (SSSR count). The van der Waals surface area contributed by atoms with Gasteiger partial charge in [-0.3, -0.25) is 10.1 Å².